The lowest BCUT2D eigenvalue weighted by molar-refractivity contribution is 0.0181. The average Bonchev–Trinajstić information content (AvgIpc) is 3.33. The Hall–Kier alpha value is -4.32. The molecule has 0 radical (unpaired) electrons. The zero-order valence-corrected chi connectivity index (χ0v) is 19.3. The molecule has 2 aromatic heterocycles. The van der Waals surface area contributed by atoms with Crippen molar-refractivity contribution in [2.24, 2.45) is 4.99 Å². The number of fused-ring (bicyclic) bond motifs is 1. The Bertz CT molecular complexity index is 1490. The third kappa shape index (κ3) is 4.62. The van der Waals surface area contributed by atoms with Crippen molar-refractivity contribution >= 4 is 22.7 Å². The summed E-state index contributed by atoms with van der Waals surface area (Å²) in [5, 5.41) is 11.9. The van der Waals surface area contributed by atoms with Crippen LogP contribution in [-0.4, -0.2) is 53.6 Å². The number of hydrogen-bond acceptors (Lipinski definition) is 7. The van der Waals surface area contributed by atoms with Crippen LogP contribution in [0.25, 0.3) is 22.2 Å². The van der Waals surface area contributed by atoms with Crippen LogP contribution in [0.4, 0.5) is 23.2 Å². The standard InChI is InChI=1S/C25H20F4N4O4/c1-35-19-4-2-3-14(21(19)28)15-9-31-23-20(15)18(5-6-30-23)37-22-16(26)7-13(8-17(22)27)33-24-32-10-25(29,11-34)12-36-24/h2-9,34H,10-12H2,1H3,(H,30,31)(H,32,33). The highest BCUT2D eigenvalue weighted by Crippen LogP contribution is 2.40. The number of benzene rings is 2. The Balaban J connectivity index is 1.46. The number of rotatable bonds is 6. The molecule has 37 heavy (non-hydrogen) atoms. The number of anilines is 1. The number of alkyl halides is 1. The van der Waals surface area contributed by atoms with Crippen molar-refractivity contribution in [1.29, 1.82) is 0 Å². The molecule has 1 unspecified atom stereocenters. The molecule has 0 spiro atoms. The second-order valence-electron chi connectivity index (χ2n) is 8.27. The highest BCUT2D eigenvalue weighted by Gasteiger charge is 2.34. The molecule has 0 aliphatic carbocycles. The number of hydrogen-bond donors (Lipinski definition) is 3. The lowest BCUT2D eigenvalue weighted by atomic mass is 10.0. The van der Waals surface area contributed by atoms with Crippen molar-refractivity contribution in [2.75, 3.05) is 32.2 Å². The normalized spacial score (nSPS) is 17.3. The van der Waals surface area contributed by atoms with Gasteiger partial charge in [0.15, 0.2) is 34.6 Å². The number of aromatic amines is 1. The van der Waals surface area contributed by atoms with Crippen LogP contribution in [0.1, 0.15) is 0 Å². The van der Waals surface area contributed by atoms with Gasteiger partial charge in [-0.05, 0) is 12.1 Å². The summed E-state index contributed by atoms with van der Waals surface area (Å²) in [7, 11) is 1.34. The summed E-state index contributed by atoms with van der Waals surface area (Å²) in [5.41, 5.74) is -1.23. The Morgan fingerprint density at radius 2 is 1.92 bits per heavy atom. The summed E-state index contributed by atoms with van der Waals surface area (Å²) < 4.78 is 74.7. The molecule has 12 heteroatoms. The maximum Gasteiger partial charge on any atom is 0.289 e. The molecule has 0 saturated carbocycles. The number of nitrogens with one attached hydrogen (secondary N) is 2. The predicted molar refractivity (Wildman–Crippen MR) is 127 cm³/mol. The first-order valence-electron chi connectivity index (χ1n) is 11.0. The van der Waals surface area contributed by atoms with E-state index in [9.17, 15) is 17.6 Å². The summed E-state index contributed by atoms with van der Waals surface area (Å²) in [4.78, 5) is 10.9. The molecule has 1 aliphatic heterocycles. The Labute approximate surface area is 207 Å². The molecule has 1 atom stereocenters. The van der Waals surface area contributed by atoms with Crippen LogP contribution in [0.2, 0.25) is 0 Å². The summed E-state index contributed by atoms with van der Waals surface area (Å²) in [6, 6.07) is 7.75. The van der Waals surface area contributed by atoms with Gasteiger partial charge in [0.25, 0.3) is 6.02 Å². The van der Waals surface area contributed by atoms with Gasteiger partial charge < -0.3 is 29.6 Å². The number of aliphatic hydroxyl groups is 1. The predicted octanol–water partition coefficient (Wildman–Crippen LogP) is 4.95. The number of aliphatic hydroxyl groups excluding tert-OH is 1. The van der Waals surface area contributed by atoms with Crippen molar-refractivity contribution in [3.63, 3.8) is 0 Å². The molecule has 8 nitrogen and oxygen atoms in total. The number of methoxy groups -OCH3 is 1. The van der Waals surface area contributed by atoms with Crippen LogP contribution < -0.4 is 14.8 Å². The summed E-state index contributed by atoms with van der Waals surface area (Å²) in [6.45, 7) is -1.61. The lowest BCUT2D eigenvalue weighted by Crippen LogP contribution is -2.43. The van der Waals surface area contributed by atoms with Gasteiger partial charge >= 0.3 is 0 Å². The monoisotopic (exact) mass is 516 g/mol. The second kappa shape index (κ2) is 9.62. The lowest BCUT2D eigenvalue weighted by Gasteiger charge is -2.26. The van der Waals surface area contributed by atoms with Crippen LogP contribution in [0.3, 0.4) is 0 Å². The molecule has 1 aliphatic rings. The molecule has 0 saturated heterocycles. The van der Waals surface area contributed by atoms with Gasteiger partial charge in [-0.3, -0.25) is 0 Å². The Kier molecular flexibility index (Phi) is 6.34. The molecular weight excluding hydrogens is 496 g/mol. The smallest absolute Gasteiger partial charge is 0.289 e. The first-order chi connectivity index (χ1) is 17.8. The minimum Gasteiger partial charge on any atom is -0.494 e. The summed E-state index contributed by atoms with van der Waals surface area (Å²) in [6.07, 6.45) is 2.89. The van der Waals surface area contributed by atoms with E-state index in [-0.39, 0.29) is 35.3 Å². The van der Waals surface area contributed by atoms with E-state index >= 15 is 0 Å². The first-order valence-corrected chi connectivity index (χ1v) is 11.0. The van der Waals surface area contributed by atoms with Crippen LogP contribution in [-0.2, 0) is 4.74 Å². The summed E-state index contributed by atoms with van der Waals surface area (Å²) in [5.74, 6) is -3.37. The molecule has 5 rings (SSSR count). The van der Waals surface area contributed by atoms with E-state index in [1.54, 1.807) is 6.07 Å². The van der Waals surface area contributed by atoms with Gasteiger partial charge in [-0.15, -0.1) is 0 Å². The molecule has 2 aromatic carbocycles. The van der Waals surface area contributed by atoms with E-state index < -0.39 is 42.1 Å². The van der Waals surface area contributed by atoms with E-state index in [1.165, 1.54) is 37.7 Å². The van der Waals surface area contributed by atoms with Gasteiger partial charge in [0.2, 0.25) is 0 Å². The Morgan fingerprint density at radius 3 is 2.59 bits per heavy atom. The maximum atomic E-state index is 15.0. The highest BCUT2D eigenvalue weighted by atomic mass is 19.1. The molecule has 3 N–H and O–H groups in total. The quantitative estimate of drug-likeness (QED) is 0.314. The van der Waals surface area contributed by atoms with Crippen molar-refractivity contribution in [1.82, 2.24) is 9.97 Å². The third-order valence-electron chi connectivity index (χ3n) is 5.73. The van der Waals surface area contributed by atoms with Gasteiger partial charge in [-0.1, -0.05) is 12.1 Å². The molecular formula is C25H20F4N4O4. The fourth-order valence-electron chi connectivity index (χ4n) is 3.84. The SMILES string of the molecule is COc1cccc(-c2c[nH]c3nccc(Oc4c(F)cc(NC5=NCC(F)(CO)CO5)cc4F)c23)c1F. The second-order valence-corrected chi connectivity index (χ2v) is 8.27. The number of pyridine rings is 1. The zero-order valence-electron chi connectivity index (χ0n) is 19.3. The number of H-pyrrole nitrogens is 1. The maximum absolute atomic E-state index is 15.0. The van der Waals surface area contributed by atoms with Gasteiger partial charge in [0.1, 0.15) is 18.0 Å². The minimum absolute atomic E-state index is 0.0264. The molecule has 0 bridgehead atoms. The summed E-state index contributed by atoms with van der Waals surface area (Å²) >= 11 is 0. The van der Waals surface area contributed by atoms with Crippen LogP contribution >= 0.6 is 0 Å². The number of nitrogens with zero attached hydrogens (tertiary/aromatic N) is 2. The van der Waals surface area contributed by atoms with E-state index in [0.29, 0.717) is 16.6 Å². The largest absolute Gasteiger partial charge is 0.494 e. The van der Waals surface area contributed by atoms with Crippen LogP contribution in [0.15, 0.2) is 53.8 Å². The van der Waals surface area contributed by atoms with Crippen molar-refractivity contribution in [2.45, 2.75) is 5.67 Å². The van der Waals surface area contributed by atoms with Crippen molar-refractivity contribution < 1.29 is 36.9 Å². The number of aromatic nitrogens is 2. The minimum atomic E-state index is -2.01. The highest BCUT2D eigenvalue weighted by molar-refractivity contribution is 5.98. The van der Waals surface area contributed by atoms with Gasteiger partial charge in [-0.2, -0.15) is 0 Å². The number of amidine groups is 1. The molecule has 0 amide bonds. The van der Waals surface area contributed by atoms with Gasteiger partial charge in [-0.25, -0.2) is 27.5 Å². The van der Waals surface area contributed by atoms with E-state index in [4.69, 9.17) is 19.3 Å². The Morgan fingerprint density at radius 1 is 1.14 bits per heavy atom. The fourth-order valence-corrected chi connectivity index (χ4v) is 3.84. The van der Waals surface area contributed by atoms with Crippen molar-refractivity contribution in [3.05, 3.63) is 66.2 Å². The van der Waals surface area contributed by atoms with Gasteiger partial charge in [0, 0.05) is 41.3 Å². The van der Waals surface area contributed by atoms with E-state index in [0.717, 1.165) is 12.1 Å². The van der Waals surface area contributed by atoms with Gasteiger partial charge in [0.05, 0.1) is 25.6 Å². The average molecular weight is 516 g/mol. The van der Waals surface area contributed by atoms with E-state index in [2.05, 4.69) is 20.3 Å². The van der Waals surface area contributed by atoms with Crippen molar-refractivity contribution in [3.8, 4) is 28.4 Å². The zero-order chi connectivity index (χ0) is 26.2. The molecule has 0 fully saturated rings. The molecule has 3 heterocycles. The molecule has 4 aromatic rings. The number of ether oxygens (including phenoxy) is 3. The third-order valence-corrected chi connectivity index (χ3v) is 5.73. The first kappa shape index (κ1) is 24.4. The number of halogens is 4. The fraction of sp³-hybridized carbons (Fsp3) is 0.200. The van der Waals surface area contributed by atoms with E-state index in [1.807, 2.05) is 0 Å². The van der Waals surface area contributed by atoms with Crippen LogP contribution in [0, 0.1) is 17.5 Å². The van der Waals surface area contributed by atoms with Crippen LogP contribution in [0.5, 0.6) is 17.2 Å². The number of aliphatic imine (C=N–C) groups is 1. The topological polar surface area (TPSA) is 101 Å². The molecule has 192 valence electrons.